The first-order valence-electron chi connectivity index (χ1n) is 9.87. The van der Waals surface area contributed by atoms with E-state index in [0.29, 0.717) is 16.8 Å². The molecule has 0 aliphatic heterocycles. The molecule has 0 radical (unpaired) electrons. The molecule has 4 aromatic rings. The molecular formula is C25H15BrF3N3O2. The van der Waals surface area contributed by atoms with E-state index < -0.39 is 17.3 Å². The summed E-state index contributed by atoms with van der Waals surface area (Å²) in [6.45, 7) is 0.0232. The Hall–Kier alpha value is -3.90. The minimum Gasteiger partial charge on any atom is -0.480 e. The average molecular weight is 526 g/mol. The molecule has 0 saturated carbocycles. The molecule has 0 fully saturated rings. The van der Waals surface area contributed by atoms with Crippen molar-refractivity contribution in [3.8, 4) is 29.5 Å². The summed E-state index contributed by atoms with van der Waals surface area (Å²) in [5.74, 6) is 2.76. The van der Waals surface area contributed by atoms with Crippen molar-refractivity contribution in [2.75, 3.05) is 6.61 Å². The minimum atomic E-state index is -4.55. The number of ether oxygens (including phenoxy) is 1. The van der Waals surface area contributed by atoms with Crippen LogP contribution in [-0.2, 0) is 6.18 Å². The van der Waals surface area contributed by atoms with Crippen LogP contribution in [0.25, 0.3) is 22.3 Å². The van der Waals surface area contributed by atoms with Crippen LogP contribution in [0.3, 0.4) is 0 Å². The molecule has 0 saturated heterocycles. The first-order chi connectivity index (χ1) is 16.3. The van der Waals surface area contributed by atoms with E-state index >= 15 is 0 Å². The molecule has 0 bridgehead atoms. The van der Waals surface area contributed by atoms with Gasteiger partial charge in [0.2, 0.25) is 0 Å². The highest BCUT2D eigenvalue weighted by Crippen LogP contribution is 2.32. The highest BCUT2D eigenvalue weighted by Gasteiger charge is 2.31. The number of rotatable bonds is 5. The predicted octanol–water partition coefficient (Wildman–Crippen LogP) is 5.74. The summed E-state index contributed by atoms with van der Waals surface area (Å²) in [4.78, 5) is 17.7. The molecule has 0 atom stereocenters. The molecule has 0 amide bonds. The standard InChI is InChI=1S/C25H15BrF3N3O2/c1-2-12-34-22-11-10-19(26)14-17(22)15-30-32-23(16-6-5-7-18(13-16)25(27,28)29)31-21-9-4-3-8-20(21)24(32)33/h1,3-11,13-15H,12H2. The number of halogens is 4. The lowest BCUT2D eigenvalue weighted by Gasteiger charge is -2.12. The fraction of sp³-hybridized carbons (Fsp3) is 0.0800. The lowest BCUT2D eigenvalue weighted by atomic mass is 10.1. The number of fused-ring (bicyclic) bond motifs is 1. The Bertz CT molecular complexity index is 1500. The van der Waals surface area contributed by atoms with Crippen LogP contribution in [-0.4, -0.2) is 22.5 Å². The Morgan fingerprint density at radius 3 is 2.68 bits per heavy atom. The fourth-order valence-electron chi connectivity index (χ4n) is 3.24. The van der Waals surface area contributed by atoms with Crippen LogP contribution in [0.1, 0.15) is 11.1 Å². The summed E-state index contributed by atoms with van der Waals surface area (Å²) in [5, 5.41) is 4.56. The number of para-hydroxylation sites is 1. The quantitative estimate of drug-likeness (QED) is 0.246. The smallest absolute Gasteiger partial charge is 0.416 e. The Morgan fingerprint density at radius 1 is 1.12 bits per heavy atom. The number of benzene rings is 3. The van der Waals surface area contributed by atoms with Gasteiger partial charge >= 0.3 is 6.18 Å². The normalized spacial score (nSPS) is 11.6. The van der Waals surface area contributed by atoms with Crippen LogP contribution in [0.5, 0.6) is 5.75 Å². The number of hydrogen-bond donors (Lipinski definition) is 0. The van der Waals surface area contributed by atoms with Crippen LogP contribution in [0, 0.1) is 12.3 Å². The van der Waals surface area contributed by atoms with Crippen molar-refractivity contribution in [2.24, 2.45) is 5.10 Å². The molecule has 0 aliphatic carbocycles. The third-order valence-electron chi connectivity index (χ3n) is 4.80. The molecule has 1 heterocycles. The number of terminal acetylenes is 1. The van der Waals surface area contributed by atoms with Gasteiger partial charge in [-0.25, -0.2) is 4.98 Å². The largest absolute Gasteiger partial charge is 0.480 e. The van der Waals surface area contributed by atoms with Crippen LogP contribution in [0.4, 0.5) is 13.2 Å². The SMILES string of the molecule is C#CCOc1ccc(Br)cc1C=Nn1c(-c2cccc(C(F)(F)F)c2)nc2ccccc2c1=O. The van der Waals surface area contributed by atoms with Gasteiger partial charge in [0.05, 0.1) is 22.7 Å². The fourth-order valence-corrected chi connectivity index (χ4v) is 3.62. The van der Waals surface area contributed by atoms with Gasteiger partial charge in [0.25, 0.3) is 5.56 Å². The zero-order chi connectivity index (χ0) is 24.3. The summed E-state index contributed by atoms with van der Waals surface area (Å²) in [6.07, 6.45) is 2.08. The molecule has 3 aromatic carbocycles. The molecule has 5 nitrogen and oxygen atoms in total. The van der Waals surface area contributed by atoms with Gasteiger partial charge in [0, 0.05) is 15.6 Å². The van der Waals surface area contributed by atoms with Crippen LogP contribution in [0.15, 0.2) is 81.1 Å². The van der Waals surface area contributed by atoms with E-state index in [9.17, 15) is 18.0 Å². The van der Waals surface area contributed by atoms with Gasteiger partial charge in [-0.15, -0.1) is 6.42 Å². The Kier molecular flexibility index (Phi) is 6.52. The molecular weight excluding hydrogens is 511 g/mol. The van der Waals surface area contributed by atoms with E-state index in [-0.39, 0.29) is 23.4 Å². The lowest BCUT2D eigenvalue weighted by Crippen LogP contribution is -2.20. The van der Waals surface area contributed by atoms with Gasteiger partial charge in [-0.1, -0.05) is 46.1 Å². The van der Waals surface area contributed by atoms with Crippen molar-refractivity contribution < 1.29 is 17.9 Å². The van der Waals surface area contributed by atoms with Gasteiger partial charge in [-0.2, -0.15) is 22.9 Å². The molecule has 170 valence electrons. The van der Waals surface area contributed by atoms with Gasteiger partial charge in [-0.05, 0) is 42.5 Å². The maximum atomic E-state index is 13.3. The van der Waals surface area contributed by atoms with Gasteiger partial charge < -0.3 is 4.74 Å². The van der Waals surface area contributed by atoms with Crippen molar-refractivity contribution in [3.05, 3.63) is 92.7 Å². The van der Waals surface area contributed by atoms with Crippen LogP contribution >= 0.6 is 15.9 Å². The first kappa shape index (κ1) is 23.3. The summed E-state index contributed by atoms with van der Waals surface area (Å²) in [5.41, 5.74) is -0.463. The zero-order valence-corrected chi connectivity index (χ0v) is 19.0. The van der Waals surface area contributed by atoms with E-state index in [1.165, 1.54) is 18.3 Å². The van der Waals surface area contributed by atoms with Crippen molar-refractivity contribution >= 4 is 33.0 Å². The van der Waals surface area contributed by atoms with Crippen molar-refractivity contribution in [2.45, 2.75) is 6.18 Å². The summed E-state index contributed by atoms with van der Waals surface area (Å²) < 4.78 is 47.2. The molecule has 0 spiro atoms. The second kappa shape index (κ2) is 9.53. The van der Waals surface area contributed by atoms with Crippen LogP contribution < -0.4 is 10.3 Å². The van der Waals surface area contributed by atoms with Crippen molar-refractivity contribution in [1.82, 2.24) is 9.66 Å². The van der Waals surface area contributed by atoms with Gasteiger partial charge in [-0.3, -0.25) is 4.79 Å². The number of nitrogens with zero attached hydrogens (tertiary/aromatic N) is 3. The maximum Gasteiger partial charge on any atom is 0.416 e. The monoisotopic (exact) mass is 525 g/mol. The van der Waals surface area contributed by atoms with Gasteiger partial charge in [0.1, 0.15) is 12.4 Å². The lowest BCUT2D eigenvalue weighted by molar-refractivity contribution is -0.137. The number of hydrogen-bond acceptors (Lipinski definition) is 4. The van der Waals surface area contributed by atoms with Crippen LogP contribution in [0.2, 0.25) is 0 Å². The van der Waals surface area contributed by atoms with E-state index in [1.807, 2.05) is 0 Å². The number of alkyl halides is 3. The molecule has 34 heavy (non-hydrogen) atoms. The highest BCUT2D eigenvalue weighted by atomic mass is 79.9. The summed E-state index contributed by atoms with van der Waals surface area (Å²) in [7, 11) is 0. The average Bonchev–Trinajstić information content (AvgIpc) is 2.82. The molecule has 0 unspecified atom stereocenters. The zero-order valence-electron chi connectivity index (χ0n) is 17.4. The molecule has 1 aromatic heterocycles. The summed E-state index contributed by atoms with van der Waals surface area (Å²) in [6, 6.07) is 16.3. The molecule has 9 heteroatoms. The first-order valence-corrected chi connectivity index (χ1v) is 10.7. The third-order valence-corrected chi connectivity index (χ3v) is 5.29. The summed E-state index contributed by atoms with van der Waals surface area (Å²) >= 11 is 3.37. The molecule has 4 rings (SSSR count). The second-order valence-electron chi connectivity index (χ2n) is 7.07. The van der Waals surface area contributed by atoms with Gasteiger partial charge in [0.15, 0.2) is 5.82 Å². The minimum absolute atomic E-state index is 0.0232. The maximum absolute atomic E-state index is 13.3. The number of aromatic nitrogens is 2. The predicted molar refractivity (Wildman–Crippen MR) is 128 cm³/mol. The molecule has 0 N–H and O–H groups in total. The van der Waals surface area contributed by atoms with E-state index in [4.69, 9.17) is 11.2 Å². The van der Waals surface area contributed by atoms with E-state index in [2.05, 4.69) is 31.9 Å². The van der Waals surface area contributed by atoms with E-state index in [0.717, 1.165) is 21.3 Å². The Labute approximate surface area is 200 Å². The second-order valence-corrected chi connectivity index (χ2v) is 7.98. The van der Waals surface area contributed by atoms with E-state index in [1.54, 1.807) is 42.5 Å². The third kappa shape index (κ3) is 4.87. The Balaban J connectivity index is 1.92. The highest BCUT2D eigenvalue weighted by molar-refractivity contribution is 9.10. The Morgan fingerprint density at radius 2 is 1.91 bits per heavy atom. The topological polar surface area (TPSA) is 56.5 Å². The van der Waals surface area contributed by atoms with Crippen molar-refractivity contribution in [3.63, 3.8) is 0 Å². The van der Waals surface area contributed by atoms with Crippen molar-refractivity contribution in [1.29, 1.82) is 0 Å². The molecule has 0 aliphatic rings.